The first-order valence-corrected chi connectivity index (χ1v) is 13.0. The van der Waals surface area contributed by atoms with E-state index in [0.29, 0.717) is 17.5 Å². The summed E-state index contributed by atoms with van der Waals surface area (Å²) >= 11 is 0. The maximum Gasteiger partial charge on any atom is 0.330 e. The maximum atomic E-state index is 12.2. The molecule has 0 radical (unpaired) electrons. The fourth-order valence-corrected chi connectivity index (χ4v) is 5.17. The predicted molar refractivity (Wildman–Crippen MR) is 142 cm³/mol. The summed E-state index contributed by atoms with van der Waals surface area (Å²) < 4.78 is 19.8. The molecular formula is C29H35N3O5. The van der Waals surface area contributed by atoms with Gasteiger partial charge >= 0.3 is 5.69 Å². The lowest BCUT2D eigenvalue weighted by Crippen LogP contribution is -2.41. The molecule has 1 atom stereocenters. The van der Waals surface area contributed by atoms with E-state index >= 15 is 0 Å². The Morgan fingerprint density at radius 3 is 2.70 bits per heavy atom. The van der Waals surface area contributed by atoms with E-state index in [-0.39, 0.29) is 30.4 Å². The predicted octanol–water partition coefficient (Wildman–Crippen LogP) is 3.69. The lowest BCUT2D eigenvalue weighted by Gasteiger charge is -2.42. The number of methoxy groups -OCH3 is 1. The molecule has 3 aromatic rings. The van der Waals surface area contributed by atoms with Gasteiger partial charge in [0.25, 0.3) is 5.56 Å². The van der Waals surface area contributed by atoms with Crippen LogP contribution in [0.2, 0.25) is 0 Å². The Hall–Kier alpha value is -3.52. The molecule has 1 aromatic heterocycles. The van der Waals surface area contributed by atoms with Gasteiger partial charge < -0.3 is 18.8 Å². The van der Waals surface area contributed by atoms with Crippen LogP contribution in [0.25, 0.3) is 0 Å². The van der Waals surface area contributed by atoms with E-state index in [2.05, 4.69) is 36.1 Å². The molecule has 1 saturated carbocycles. The topological polar surface area (TPSA) is 74.9 Å². The van der Waals surface area contributed by atoms with Crippen molar-refractivity contribution in [2.75, 3.05) is 20.3 Å². The van der Waals surface area contributed by atoms with Crippen LogP contribution >= 0.6 is 0 Å². The molecule has 5 rings (SSSR count). The Morgan fingerprint density at radius 1 is 1.11 bits per heavy atom. The van der Waals surface area contributed by atoms with E-state index < -0.39 is 0 Å². The second-order valence-electron chi connectivity index (χ2n) is 9.93. The number of fused-ring (bicyclic) bond motifs is 1. The van der Waals surface area contributed by atoms with Crippen LogP contribution in [0.1, 0.15) is 48.9 Å². The number of hydrogen-bond acceptors (Lipinski definition) is 6. The first-order chi connectivity index (χ1) is 17.9. The van der Waals surface area contributed by atoms with Crippen molar-refractivity contribution in [2.24, 2.45) is 7.05 Å². The molecule has 0 spiro atoms. The van der Waals surface area contributed by atoms with Crippen molar-refractivity contribution in [3.05, 3.63) is 86.2 Å². The third kappa shape index (κ3) is 5.30. The van der Waals surface area contributed by atoms with Gasteiger partial charge in [0.15, 0.2) is 11.5 Å². The summed E-state index contributed by atoms with van der Waals surface area (Å²) in [6, 6.07) is 14.8. The van der Waals surface area contributed by atoms with E-state index in [1.165, 1.54) is 51.8 Å². The quantitative estimate of drug-likeness (QED) is 0.419. The zero-order chi connectivity index (χ0) is 25.9. The van der Waals surface area contributed by atoms with E-state index in [4.69, 9.17) is 14.2 Å². The van der Waals surface area contributed by atoms with E-state index in [9.17, 15) is 9.59 Å². The zero-order valence-corrected chi connectivity index (χ0v) is 21.8. The zero-order valence-electron chi connectivity index (χ0n) is 21.8. The van der Waals surface area contributed by atoms with Crippen LogP contribution in [-0.2, 0) is 26.6 Å². The molecule has 0 amide bonds. The number of hydrogen-bond donors (Lipinski definition) is 0. The van der Waals surface area contributed by atoms with Crippen molar-refractivity contribution in [2.45, 2.75) is 57.8 Å². The highest BCUT2D eigenvalue weighted by atomic mass is 16.5. The van der Waals surface area contributed by atoms with Crippen molar-refractivity contribution in [3.8, 4) is 17.2 Å². The van der Waals surface area contributed by atoms with E-state index in [0.717, 1.165) is 30.9 Å². The molecule has 2 aliphatic rings. The van der Waals surface area contributed by atoms with Crippen LogP contribution in [0, 0.1) is 0 Å². The molecule has 1 aliphatic carbocycles. The van der Waals surface area contributed by atoms with Crippen molar-refractivity contribution in [1.29, 1.82) is 0 Å². The summed E-state index contributed by atoms with van der Waals surface area (Å²) in [5.74, 6) is 2.25. The largest absolute Gasteiger partial charge is 0.493 e. The molecule has 2 heterocycles. The molecule has 0 saturated heterocycles. The molecule has 0 N–H and O–H groups in total. The summed E-state index contributed by atoms with van der Waals surface area (Å²) in [5.41, 5.74) is 3.08. The van der Waals surface area contributed by atoms with Crippen LogP contribution in [0.4, 0.5) is 0 Å². The van der Waals surface area contributed by atoms with Gasteiger partial charge in [0.1, 0.15) is 12.4 Å². The molecule has 196 valence electrons. The lowest BCUT2D eigenvalue weighted by atomic mass is 9.88. The number of ether oxygens (including phenoxy) is 3. The molecule has 1 unspecified atom stereocenters. The Morgan fingerprint density at radius 2 is 1.95 bits per heavy atom. The highest BCUT2D eigenvalue weighted by Crippen LogP contribution is 2.37. The second-order valence-corrected chi connectivity index (χ2v) is 9.93. The summed E-state index contributed by atoms with van der Waals surface area (Å²) in [7, 11) is 3.25. The summed E-state index contributed by atoms with van der Waals surface area (Å²) in [6.45, 7) is 4.22. The average molecular weight is 506 g/mol. The van der Waals surface area contributed by atoms with Crippen LogP contribution < -0.4 is 25.5 Å². The van der Waals surface area contributed by atoms with Gasteiger partial charge in [0.2, 0.25) is 0 Å². The summed E-state index contributed by atoms with van der Waals surface area (Å²) in [5, 5.41) is 0. The highest BCUT2D eigenvalue weighted by Gasteiger charge is 2.30. The fraction of sp³-hybridized carbons (Fsp3) is 0.448. The van der Waals surface area contributed by atoms with Crippen molar-refractivity contribution < 1.29 is 14.2 Å². The molecule has 37 heavy (non-hydrogen) atoms. The van der Waals surface area contributed by atoms with Gasteiger partial charge in [0.05, 0.1) is 20.3 Å². The third-order valence-electron chi connectivity index (χ3n) is 7.64. The first kappa shape index (κ1) is 25.1. The molecule has 8 heteroatoms. The number of nitrogens with zero attached hydrogens (tertiary/aromatic N) is 3. The van der Waals surface area contributed by atoms with Gasteiger partial charge in [-0.15, -0.1) is 0 Å². The van der Waals surface area contributed by atoms with Gasteiger partial charge in [-0.25, -0.2) is 4.79 Å². The average Bonchev–Trinajstić information content (AvgIpc) is 3.35. The van der Waals surface area contributed by atoms with Crippen LogP contribution in [0.15, 0.2) is 58.3 Å². The van der Waals surface area contributed by atoms with Crippen LogP contribution in [0.3, 0.4) is 0 Å². The molecule has 1 aliphatic heterocycles. The molecule has 1 fully saturated rings. The third-order valence-corrected chi connectivity index (χ3v) is 7.64. The smallest absolute Gasteiger partial charge is 0.330 e. The van der Waals surface area contributed by atoms with E-state index in [1.807, 2.05) is 12.1 Å². The van der Waals surface area contributed by atoms with Gasteiger partial charge in [-0.1, -0.05) is 24.6 Å². The van der Waals surface area contributed by atoms with Gasteiger partial charge in [-0.05, 0) is 54.7 Å². The van der Waals surface area contributed by atoms with Crippen molar-refractivity contribution >= 4 is 0 Å². The Bertz CT molecular complexity index is 1370. The minimum absolute atomic E-state index is 0.163. The normalized spacial score (nSPS) is 15.7. The van der Waals surface area contributed by atoms with Crippen molar-refractivity contribution in [3.63, 3.8) is 0 Å². The Balaban J connectivity index is 1.29. The monoisotopic (exact) mass is 505 g/mol. The highest BCUT2D eigenvalue weighted by molar-refractivity contribution is 5.43. The summed E-state index contributed by atoms with van der Waals surface area (Å²) in [4.78, 5) is 26.9. The summed E-state index contributed by atoms with van der Waals surface area (Å²) in [6.07, 6.45) is 6.15. The molecular weight excluding hydrogens is 470 g/mol. The van der Waals surface area contributed by atoms with Crippen molar-refractivity contribution in [1.82, 2.24) is 14.0 Å². The van der Waals surface area contributed by atoms with Crippen LogP contribution in [-0.4, -0.2) is 40.4 Å². The number of aromatic nitrogens is 2. The number of benzene rings is 2. The Kier molecular flexibility index (Phi) is 7.37. The van der Waals surface area contributed by atoms with Gasteiger partial charge in [-0.3, -0.25) is 14.3 Å². The minimum Gasteiger partial charge on any atom is -0.493 e. The molecule has 2 aromatic carbocycles. The second kappa shape index (κ2) is 10.8. The maximum absolute atomic E-state index is 12.2. The van der Waals surface area contributed by atoms with E-state index in [1.54, 1.807) is 14.2 Å². The molecule has 0 bridgehead atoms. The van der Waals surface area contributed by atoms with Gasteiger partial charge in [0, 0.05) is 44.4 Å². The number of aryl methyl sites for hydroxylation is 1. The SMILES string of the molecule is COc1cc(CN(C2CCC2)C(C)c2ccc3c(c2)CCO3)ccc1OCCn1c(=O)ccn(C)c1=O. The molecule has 8 nitrogen and oxygen atoms in total. The van der Waals surface area contributed by atoms with Gasteiger partial charge in [-0.2, -0.15) is 0 Å². The first-order valence-electron chi connectivity index (χ1n) is 13.0. The lowest BCUT2D eigenvalue weighted by molar-refractivity contribution is 0.0783. The number of rotatable bonds is 10. The Labute approximate surface area is 217 Å². The van der Waals surface area contributed by atoms with Crippen LogP contribution in [0.5, 0.6) is 17.2 Å². The fourth-order valence-electron chi connectivity index (χ4n) is 5.17. The standard InChI is InChI=1S/C29H35N3O5/c1-20(22-8-10-25-23(18-22)12-15-36-25)32(24-5-4-6-24)19-21-7-9-26(27(17-21)35-3)37-16-14-31-28(33)11-13-30(2)29(31)34/h7-11,13,17-18,20,24H,4-6,12,14-16,19H2,1-3H3. The minimum atomic E-state index is -0.362.